The lowest BCUT2D eigenvalue weighted by molar-refractivity contribution is 0.669. The molecule has 0 saturated heterocycles. The lowest BCUT2D eigenvalue weighted by atomic mass is 9.92. The van der Waals surface area contributed by atoms with Crippen LogP contribution in [-0.2, 0) is 0 Å². The van der Waals surface area contributed by atoms with Gasteiger partial charge in [-0.15, -0.1) is 11.3 Å². The summed E-state index contributed by atoms with van der Waals surface area (Å²) in [6.45, 7) is 0. The first kappa shape index (κ1) is 34.0. The van der Waals surface area contributed by atoms with Gasteiger partial charge in [0.2, 0.25) is 0 Å². The Bertz CT molecular complexity index is 3900. The molecule has 13 rings (SSSR count). The van der Waals surface area contributed by atoms with Crippen LogP contribution in [0.5, 0.6) is 0 Å². The number of fused-ring (bicyclic) bond motifs is 10. The molecule has 6 heteroatoms. The maximum Gasteiger partial charge on any atom is 0.164 e. The van der Waals surface area contributed by atoms with E-state index >= 15 is 0 Å². The van der Waals surface area contributed by atoms with Gasteiger partial charge in [0.15, 0.2) is 17.5 Å². The number of rotatable bonds is 5. The van der Waals surface area contributed by atoms with Crippen LogP contribution in [0.2, 0.25) is 0 Å². The van der Waals surface area contributed by atoms with Gasteiger partial charge in [-0.3, -0.25) is 0 Å². The average molecular weight is 798 g/mol. The summed E-state index contributed by atoms with van der Waals surface area (Å²) in [5.41, 5.74) is 10.4. The molecular weight excluding hydrogens is 767 g/mol. The molecule has 5 nitrogen and oxygen atoms in total. The van der Waals surface area contributed by atoms with Crippen LogP contribution in [0, 0.1) is 0 Å². The molecule has 0 fully saturated rings. The fourth-order valence-electron chi connectivity index (χ4n) is 9.07. The first-order valence-electron chi connectivity index (χ1n) is 20.3. The highest BCUT2D eigenvalue weighted by Crippen LogP contribution is 2.45. The van der Waals surface area contributed by atoms with E-state index in [1.807, 2.05) is 65.9 Å². The molecule has 13 aromatic rings. The molecule has 61 heavy (non-hydrogen) atoms. The van der Waals surface area contributed by atoms with Gasteiger partial charge in [0.1, 0.15) is 22.3 Å². The predicted molar refractivity (Wildman–Crippen MR) is 252 cm³/mol. The molecule has 0 radical (unpaired) electrons. The number of benzene rings is 9. The third-order valence-electron chi connectivity index (χ3n) is 11.9. The van der Waals surface area contributed by atoms with Crippen LogP contribution in [-0.4, -0.2) is 15.0 Å². The van der Waals surface area contributed by atoms with E-state index in [9.17, 15) is 0 Å². The minimum absolute atomic E-state index is 0.574. The van der Waals surface area contributed by atoms with E-state index in [0.717, 1.165) is 93.6 Å². The van der Waals surface area contributed by atoms with Gasteiger partial charge < -0.3 is 8.83 Å². The summed E-state index contributed by atoms with van der Waals surface area (Å²) >= 11 is 1.83. The Hall–Kier alpha value is -7.93. The van der Waals surface area contributed by atoms with Crippen molar-refractivity contribution in [2.45, 2.75) is 0 Å². The summed E-state index contributed by atoms with van der Waals surface area (Å²) in [5.74, 6) is 1.76. The standard InChI is InChI=1S/C55H31N3O2S/c1-2-12-32(13-3-1)53-56-54(35-25-26-40-39-16-6-8-21-46(39)59-48(40)30-35)58-55(57-53)36-28-33-14-4-5-15-37(33)45(29-36)43-19-11-22-47-51(43)44-20-10-18-38(52(44)60-47)34-24-27-42-41-17-7-9-23-49(41)61-50(42)31-34/h1-31H. The van der Waals surface area contributed by atoms with Crippen LogP contribution in [0.25, 0.3) is 131 Å². The molecule has 0 aliphatic heterocycles. The maximum atomic E-state index is 6.84. The van der Waals surface area contributed by atoms with Gasteiger partial charge in [0.25, 0.3) is 0 Å². The highest BCUT2D eigenvalue weighted by atomic mass is 32.1. The zero-order valence-corrected chi connectivity index (χ0v) is 33.3. The van der Waals surface area contributed by atoms with Crippen molar-refractivity contribution in [1.29, 1.82) is 0 Å². The highest BCUT2D eigenvalue weighted by Gasteiger charge is 2.20. The van der Waals surface area contributed by atoms with Crippen LogP contribution in [0.3, 0.4) is 0 Å². The van der Waals surface area contributed by atoms with E-state index < -0.39 is 0 Å². The Kier molecular flexibility index (Phi) is 7.41. The van der Waals surface area contributed by atoms with Gasteiger partial charge in [0.05, 0.1) is 0 Å². The van der Waals surface area contributed by atoms with Crippen LogP contribution in [0.1, 0.15) is 0 Å². The number of aromatic nitrogens is 3. The Morgan fingerprint density at radius 1 is 0.328 bits per heavy atom. The summed E-state index contributed by atoms with van der Waals surface area (Å²) in [4.78, 5) is 15.4. The molecule has 0 saturated carbocycles. The largest absolute Gasteiger partial charge is 0.456 e. The summed E-state index contributed by atoms with van der Waals surface area (Å²) < 4.78 is 15.7. The van der Waals surface area contributed by atoms with Crippen molar-refractivity contribution >= 4 is 86.2 Å². The lowest BCUT2D eigenvalue weighted by Crippen LogP contribution is -2.00. The molecule has 0 aliphatic rings. The molecule has 0 amide bonds. The number of hydrogen-bond acceptors (Lipinski definition) is 6. The van der Waals surface area contributed by atoms with E-state index in [-0.39, 0.29) is 0 Å². The Morgan fingerprint density at radius 3 is 1.87 bits per heavy atom. The number of thiophene rings is 1. The predicted octanol–water partition coefficient (Wildman–Crippen LogP) is 15.5. The van der Waals surface area contributed by atoms with Gasteiger partial charge in [0, 0.05) is 64.0 Å². The Balaban J connectivity index is 1.000. The number of furan rings is 2. The maximum absolute atomic E-state index is 6.84. The van der Waals surface area contributed by atoms with E-state index in [1.165, 1.54) is 20.2 Å². The molecule has 0 spiro atoms. The second-order valence-corrected chi connectivity index (χ2v) is 16.6. The monoisotopic (exact) mass is 797 g/mol. The molecular formula is C55H31N3O2S. The first-order valence-corrected chi connectivity index (χ1v) is 21.1. The van der Waals surface area contributed by atoms with Crippen molar-refractivity contribution in [3.63, 3.8) is 0 Å². The molecule has 0 bridgehead atoms. The molecule has 4 aromatic heterocycles. The molecule has 0 N–H and O–H groups in total. The minimum Gasteiger partial charge on any atom is -0.456 e. The van der Waals surface area contributed by atoms with Crippen molar-refractivity contribution in [3.8, 4) is 56.4 Å². The second-order valence-electron chi connectivity index (χ2n) is 15.5. The molecule has 0 atom stereocenters. The molecule has 0 aliphatic carbocycles. The van der Waals surface area contributed by atoms with E-state index in [2.05, 4.69) is 133 Å². The number of hydrogen-bond donors (Lipinski definition) is 0. The van der Waals surface area contributed by atoms with Gasteiger partial charge in [-0.25, -0.2) is 15.0 Å². The summed E-state index contributed by atoms with van der Waals surface area (Å²) in [6, 6.07) is 65.7. The highest BCUT2D eigenvalue weighted by molar-refractivity contribution is 7.25. The molecule has 0 unspecified atom stereocenters. The summed E-state index contributed by atoms with van der Waals surface area (Å²) in [6.07, 6.45) is 0. The van der Waals surface area contributed by atoms with Gasteiger partial charge in [-0.05, 0) is 76.0 Å². The van der Waals surface area contributed by atoms with Crippen molar-refractivity contribution in [2.24, 2.45) is 0 Å². The lowest BCUT2D eigenvalue weighted by Gasteiger charge is -2.13. The van der Waals surface area contributed by atoms with Gasteiger partial charge >= 0.3 is 0 Å². The Morgan fingerprint density at radius 2 is 0.967 bits per heavy atom. The molecule has 9 aromatic carbocycles. The van der Waals surface area contributed by atoms with Crippen molar-refractivity contribution in [3.05, 3.63) is 188 Å². The summed E-state index contributed by atoms with van der Waals surface area (Å²) in [7, 11) is 0. The minimum atomic E-state index is 0.574. The van der Waals surface area contributed by atoms with Gasteiger partial charge in [-0.2, -0.15) is 0 Å². The Labute approximate surface area is 352 Å². The topological polar surface area (TPSA) is 65.0 Å². The smallest absolute Gasteiger partial charge is 0.164 e. The van der Waals surface area contributed by atoms with Crippen LogP contribution in [0.15, 0.2) is 197 Å². The molecule has 4 heterocycles. The fraction of sp³-hybridized carbons (Fsp3) is 0. The average Bonchev–Trinajstić information content (AvgIpc) is 4.02. The first-order chi connectivity index (χ1) is 30.2. The third-order valence-corrected chi connectivity index (χ3v) is 13.1. The third kappa shape index (κ3) is 5.43. The van der Waals surface area contributed by atoms with Crippen molar-refractivity contribution < 1.29 is 8.83 Å². The van der Waals surface area contributed by atoms with E-state index in [4.69, 9.17) is 23.8 Å². The van der Waals surface area contributed by atoms with E-state index in [0.29, 0.717) is 17.5 Å². The van der Waals surface area contributed by atoms with Gasteiger partial charge in [-0.1, -0.05) is 140 Å². The molecule has 284 valence electrons. The second kappa shape index (κ2) is 13.3. The van der Waals surface area contributed by atoms with Crippen LogP contribution in [0.4, 0.5) is 0 Å². The summed E-state index contributed by atoms with van der Waals surface area (Å²) in [5, 5.41) is 9.08. The quantitative estimate of drug-likeness (QED) is 0.174. The number of para-hydroxylation sites is 2. The van der Waals surface area contributed by atoms with Crippen molar-refractivity contribution in [2.75, 3.05) is 0 Å². The normalized spacial score (nSPS) is 11.9. The van der Waals surface area contributed by atoms with Crippen LogP contribution < -0.4 is 0 Å². The SMILES string of the molecule is c1ccc(-c2nc(-c3cc(-c4cccc5oc6c(-c7ccc8c(c7)sc7ccccc78)cccc6c45)c4ccccc4c3)nc(-c3ccc4c(c3)oc3ccccc34)n2)cc1. The zero-order valence-electron chi connectivity index (χ0n) is 32.5. The number of nitrogens with zero attached hydrogens (tertiary/aromatic N) is 3. The fourth-order valence-corrected chi connectivity index (χ4v) is 10.2. The van der Waals surface area contributed by atoms with Crippen molar-refractivity contribution in [1.82, 2.24) is 15.0 Å². The van der Waals surface area contributed by atoms with E-state index in [1.54, 1.807) is 0 Å². The van der Waals surface area contributed by atoms with Crippen LogP contribution >= 0.6 is 11.3 Å². The zero-order chi connectivity index (χ0) is 40.0.